The van der Waals surface area contributed by atoms with Gasteiger partial charge in [0.1, 0.15) is 0 Å². The summed E-state index contributed by atoms with van der Waals surface area (Å²) in [6.45, 7) is 2.27. The van der Waals surface area contributed by atoms with Gasteiger partial charge in [-0.1, -0.05) is 0 Å². The Morgan fingerprint density at radius 2 is 1.97 bits per heavy atom. The Hall–Kier alpha value is -3.62. The molecule has 1 aliphatic rings. The lowest BCUT2D eigenvalue weighted by atomic mass is 9.95. The van der Waals surface area contributed by atoms with Crippen molar-refractivity contribution < 1.29 is 18.0 Å². The molecule has 4 heterocycles. The van der Waals surface area contributed by atoms with Crippen molar-refractivity contribution in [2.24, 2.45) is 7.05 Å². The minimum Gasteiger partial charge on any atom is -0.360 e. The lowest BCUT2D eigenvalue weighted by Gasteiger charge is -2.33. The van der Waals surface area contributed by atoms with Gasteiger partial charge in [-0.2, -0.15) is 5.10 Å². The van der Waals surface area contributed by atoms with Crippen LogP contribution in [0.3, 0.4) is 0 Å². The second kappa shape index (κ2) is 6.97. The topological polar surface area (TPSA) is 66.8 Å². The molecule has 9 heteroatoms. The number of rotatable bonds is 2. The van der Waals surface area contributed by atoms with Gasteiger partial charge >= 0.3 is 0 Å². The maximum absolute atomic E-state index is 13.8. The molecule has 0 aliphatic carbocycles. The molecular weight excluding hydrogens is 407 g/mol. The molecule has 1 amide bonds. The number of carbonyl (C=O) groups excluding carboxylic acids is 1. The van der Waals surface area contributed by atoms with Crippen LogP contribution in [0.4, 0.5) is 13.2 Å². The van der Waals surface area contributed by atoms with E-state index in [-0.39, 0.29) is 17.5 Å². The van der Waals surface area contributed by atoms with Gasteiger partial charge in [-0.3, -0.25) is 14.5 Å². The summed E-state index contributed by atoms with van der Waals surface area (Å²) in [4.78, 5) is 22.2. The molecule has 0 saturated carbocycles. The Bertz CT molecular complexity index is 1320. The number of H-pyrrole nitrogens is 1. The Kier molecular flexibility index (Phi) is 4.35. The molecule has 0 spiro atoms. The van der Waals surface area contributed by atoms with Gasteiger partial charge in [-0.15, -0.1) is 0 Å². The number of nitrogens with zero attached hydrogens (tertiary/aromatic N) is 4. The van der Waals surface area contributed by atoms with Gasteiger partial charge in [-0.05, 0) is 31.5 Å². The molecule has 1 atom stereocenters. The molecule has 0 saturated heterocycles. The Balaban J connectivity index is 1.53. The smallest absolute Gasteiger partial charge is 0.256 e. The first kappa shape index (κ1) is 19.3. The predicted molar refractivity (Wildman–Crippen MR) is 108 cm³/mol. The Morgan fingerprint density at radius 3 is 2.71 bits per heavy atom. The fourth-order valence-corrected chi connectivity index (χ4v) is 4.37. The number of aromatic amines is 1. The van der Waals surface area contributed by atoms with Crippen molar-refractivity contribution in [1.82, 2.24) is 24.6 Å². The maximum Gasteiger partial charge on any atom is 0.256 e. The van der Waals surface area contributed by atoms with Crippen molar-refractivity contribution in [2.75, 3.05) is 6.54 Å². The predicted octanol–water partition coefficient (Wildman–Crippen LogP) is 4.14. The van der Waals surface area contributed by atoms with Crippen LogP contribution < -0.4 is 0 Å². The number of aryl methyl sites for hydroxylation is 1. The third-order valence-corrected chi connectivity index (χ3v) is 5.87. The third kappa shape index (κ3) is 2.91. The summed E-state index contributed by atoms with van der Waals surface area (Å²) < 4.78 is 42.6. The monoisotopic (exact) mass is 425 g/mol. The maximum atomic E-state index is 13.8. The van der Waals surface area contributed by atoms with Crippen LogP contribution in [-0.2, 0) is 13.5 Å². The highest BCUT2D eigenvalue weighted by Gasteiger charge is 2.34. The second-order valence-corrected chi connectivity index (χ2v) is 7.64. The van der Waals surface area contributed by atoms with Gasteiger partial charge in [0.2, 0.25) is 0 Å². The van der Waals surface area contributed by atoms with Crippen LogP contribution in [0, 0.1) is 17.5 Å². The molecule has 0 bridgehead atoms. The van der Waals surface area contributed by atoms with Crippen LogP contribution in [0.1, 0.15) is 34.6 Å². The summed E-state index contributed by atoms with van der Waals surface area (Å²) in [6, 6.07) is 3.39. The molecule has 1 aromatic carbocycles. The molecule has 4 aromatic rings. The lowest BCUT2D eigenvalue weighted by Crippen LogP contribution is -2.38. The number of halogens is 3. The first-order chi connectivity index (χ1) is 14.9. The van der Waals surface area contributed by atoms with Crippen LogP contribution in [-0.4, -0.2) is 37.1 Å². The molecule has 0 fully saturated rings. The summed E-state index contributed by atoms with van der Waals surface area (Å²) in [7, 11) is 1.66. The van der Waals surface area contributed by atoms with Crippen molar-refractivity contribution in [2.45, 2.75) is 19.4 Å². The standard InChI is InChI=1S/C22H18F3N5O/c1-11-20-13(21(29(2)28-20)12-7-16(23)19(25)17(24)8-12)4-6-30(11)22(31)15-10-27-18-3-5-26-9-14(15)18/h3,5,7-11,27H,4,6H2,1-2H3. The molecular formula is C22H18F3N5O. The highest BCUT2D eigenvalue weighted by Crippen LogP contribution is 2.37. The fraction of sp³-hybridized carbons (Fsp3) is 0.227. The van der Waals surface area contributed by atoms with E-state index in [4.69, 9.17) is 0 Å². The van der Waals surface area contributed by atoms with Gasteiger partial charge in [0.05, 0.1) is 23.0 Å². The number of hydrogen-bond acceptors (Lipinski definition) is 3. The van der Waals surface area contributed by atoms with E-state index >= 15 is 0 Å². The molecule has 1 N–H and O–H groups in total. The third-order valence-electron chi connectivity index (χ3n) is 5.87. The van der Waals surface area contributed by atoms with Crippen LogP contribution >= 0.6 is 0 Å². The van der Waals surface area contributed by atoms with Crippen molar-refractivity contribution in [1.29, 1.82) is 0 Å². The van der Waals surface area contributed by atoms with E-state index in [1.165, 1.54) is 4.68 Å². The fourth-order valence-electron chi connectivity index (χ4n) is 4.37. The van der Waals surface area contributed by atoms with Crippen LogP contribution in [0.5, 0.6) is 0 Å². The molecule has 0 radical (unpaired) electrons. The normalized spacial score (nSPS) is 16.0. The number of amides is 1. The number of benzene rings is 1. The molecule has 158 valence electrons. The highest BCUT2D eigenvalue weighted by molar-refractivity contribution is 6.06. The average molecular weight is 425 g/mol. The largest absolute Gasteiger partial charge is 0.360 e. The van der Waals surface area contributed by atoms with E-state index in [1.807, 2.05) is 6.92 Å². The Labute approximate surface area is 175 Å². The molecule has 3 aromatic heterocycles. The highest BCUT2D eigenvalue weighted by atomic mass is 19.2. The lowest BCUT2D eigenvalue weighted by molar-refractivity contribution is 0.0675. The first-order valence-corrected chi connectivity index (χ1v) is 9.79. The van der Waals surface area contributed by atoms with Crippen molar-refractivity contribution in [3.63, 3.8) is 0 Å². The van der Waals surface area contributed by atoms with E-state index in [0.29, 0.717) is 29.9 Å². The van der Waals surface area contributed by atoms with E-state index in [9.17, 15) is 18.0 Å². The van der Waals surface area contributed by atoms with Crippen LogP contribution in [0.25, 0.3) is 22.2 Å². The summed E-state index contributed by atoms with van der Waals surface area (Å²) in [6.07, 6.45) is 5.43. The SMILES string of the molecule is CC1c2nn(C)c(-c3cc(F)c(F)c(F)c3)c2CCN1C(=O)c1c[nH]c2ccncc12. The van der Waals surface area contributed by atoms with Crippen molar-refractivity contribution >= 4 is 16.8 Å². The van der Waals surface area contributed by atoms with Crippen LogP contribution in [0.2, 0.25) is 0 Å². The zero-order valence-corrected chi connectivity index (χ0v) is 16.8. The van der Waals surface area contributed by atoms with Crippen LogP contribution in [0.15, 0.2) is 36.8 Å². The van der Waals surface area contributed by atoms with Gasteiger partial charge in [0, 0.05) is 54.2 Å². The molecule has 6 nitrogen and oxygen atoms in total. The Morgan fingerprint density at radius 1 is 1.23 bits per heavy atom. The molecule has 1 aliphatic heterocycles. The average Bonchev–Trinajstić information content (AvgIpc) is 3.32. The van der Waals surface area contributed by atoms with Gasteiger partial charge in [0.25, 0.3) is 5.91 Å². The summed E-state index contributed by atoms with van der Waals surface area (Å²) in [5.41, 5.74) is 3.53. The number of fused-ring (bicyclic) bond motifs is 2. The zero-order chi connectivity index (χ0) is 21.9. The van der Waals surface area contributed by atoms with Crippen molar-refractivity contribution in [3.05, 3.63) is 71.1 Å². The quantitative estimate of drug-likeness (QED) is 0.491. The first-order valence-electron chi connectivity index (χ1n) is 9.79. The number of nitrogens with one attached hydrogen (secondary N) is 1. The minimum atomic E-state index is -1.50. The van der Waals surface area contributed by atoms with E-state index in [2.05, 4.69) is 15.1 Å². The number of aromatic nitrogens is 4. The van der Waals surface area contributed by atoms with Gasteiger partial charge in [0.15, 0.2) is 17.5 Å². The number of hydrogen-bond donors (Lipinski definition) is 1. The summed E-state index contributed by atoms with van der Waals surface area (Å²) >= 11 is 0. The minimum absolute atomic E-state index is 0.150. The number of pyridine rings is 1. The van der Waals surface area contributed by atoms with E-state index < -0.39 is 17.5 Å². The molecule has 5 rings (SSSR count). The summed E-state index contributed by atoms with van der Waals surface area (Å²) in [5.74, 6) is -4.15. The van der Waals surface area contributed by atoms with Crippen molar-refractivity contribution in [3.8, 4) is 11.3 Å². The second-order valence-electron chi connectivity index (χ2n) is 7.64. The molecule has 1 unspecified atom stereocenters. The van der Waals surface area contributed by atoms with Gasteiger partial charge in [-0.25, -0.2) is 13.2 Å². The zero-order valence-electron chi connectivity index (χ0n) is 16.8. The summed E-state index contributed by atoms with van der Waals surface area (Å²) in [5, 5.41) is 5.27. The van der Waals surface area contributed by atoms with E-state index in [1.54, 1.807) is 36.6 Å². The van der Waals surface area contributed by atoms with E-state index in [0.717, 1.165) is 28.6 Å². The number of carbonyl (C=O) groups is 1. The molecule has 31 heavy (non-hydrogen) atoms. The van der Waals surface area contributed by atoms with Gasteiger partial charge < -0.3 is 9.88 Å².